The highest BCUT2D eigenvalue weighted by Gasteiger charge is 2.15. The van der Waals surface area contributed by atoms with Gasteiger partial charge in [-0.25, -0.2) is 0 Å². The van der Waals surface area contributed by atoms with Crippen LogP contribution in [0.1, 0.15) is 44.7 Å². The number of carbonyl (C=O) groups excluding carboxylic acids is 1. The van der Waals surface area contributed by atoms with Crippen LogP contribution in [0.4, 0.5) is 0 Å². The quantitative estimate of drug-likeness (QED) is 0.283. The number of carbonyl (C=O) groups is 1. The van der Waals surface area contributed by atoms with Gasteiger partial charge in [0.25, 0.3) is 0 Å². The van der Waals surface area contributed by atoms with Gasteiger partial charge in [-0.3, -0.25) is 4.79 Å². The lowest BCUT2D eigenvalue weighted by molar-refractivity contribution is -0.143. The van der Waals surface area contributed by atoms with Crippen molar-refractivity contribution in [2.75, 3.05) is 19.8 Å². The van der Waals surface area contributed by atoms with Crippen LogP contribution in [0, 0.1) is 11.3 Å². The number of ether oxygens (including phenoxy) is 3. The Bertz CT molecular complexity index is 834. The molecular formula is C24H28N2O5. The number of benzene rings is 2. The summed E-state index contributed by atoms with van der Waals surface area (Å²) in [4.78, 5) is 17.1. The van der Waals surface area contributed by atoms with Crippen LogP contribution in [0.25, 0.3) is 0 Å². The Hall–Kier alpha value is -3.53. The van der Waals surface area contributed by atoms with Crippen LogP contribution in [-0.4, -0.2) is 37.6 Å². The average molecular weight is 424 g/mol. The fourth-order valence-electron chi connectivity index (χ4n) is 2.76. The van der Waals surface area contributed by atoms with E-state index < -0.39 is 6.10 Å². The third-order valence-corrected chi connectivity index (χ3v) is 4.21. The van der Waals surface area contributed by atoms with Gasteiger partial charge in [-0.15, -0.1) is 0 Å². The maximum Gasteiger partial charge on any atom is 0.305 e. The number of nitriles is 1. The first-order chi connectivity index (χ1) is 15.1. The molecule has 2 rings (SSSR count). The topological polar surface area (TPSA) is 90.1 Å². The lowest BCUT2D eigenvalue weighted by atomic mass is 10.0. The van der Waals surface area contributed by atoms with Crippen molar-refractivity contribution < 1.29 is 23.8 Å². The van der Waals surface area contributed by atoms with Gasteiger partial charge < -0.3 is 19.0 Å². The zero-order valence-corrected chi connectivity index (χ0v) is 18.2. The molecular weight excluding hydrogens is 396 g/mol. The number of rotatable bonds is 12. The molecule has 0 heterocycles. The van der Waals surface area contributed by atoms with Crippen LogP contribution in [0.15, 0.2) is 53.7 Å². The predicted octanol–water partition coefficient (Wildman–Crippen LogP) is 4.49. The zero-order valence-electron chi connectivity index (χ0n) is 18.2. The second-order valence-electron chi connectivity index (χ2n) is 6.42. The Morgan fingerprint density at radius 1 is 0.903 bits per heavy atom. The summed E-state index contributed by atoms with van der Waals surface area (Å²) in [5.74, 6) is 1.14. The van der Waals surface area contributed by atoms with Crippen molar-refractivity contribution in [3.8, 4) is 17.6 Å². The van der Waals surface area contributed by atoms with Crippen LogP contribution in [-0.2, 0) is 14.4 Å². The maximum atomic E-state index is 11.6. The minimum absolute atomic E-state index is 0.0863. The van der Waals surface area contributed by atoms with Crippen LogP contribution >= 0.6 is 0 Å². The lowest BCUT2D eigenvalue weighted by Crippen LogP contribution is -2.14. The number of hydrogen-bond donors (Lipinski definition) is 0. The summed E-state index contributed by atoms with van der Waals surface area (Å²) >= 11 is 0. The summed E-state index contributed by atoms with van der Waals surface area (Å²) < 4.78 is 15.9. The van der Waals surface area contributed by atoms with Gasteiger partial charge in [0, 0.05) is 17.5 Å². The fraction of sp³-hybridized carbons (Fsp3) is 0.375. The van der Waals surface area contributed by atoms with Crippen molar-refractivity contribution in [3.05, 3.63) is 59.7 Å². The van der Waals surface area contributed by atoms with Gasteiger partial charge in [-0.2, -0.15) is 5.26 Å². The normalized spacial score (nSPS) is 11.0. The Morgan fingerprint density at radius 3 is 1.84 bits per heavy atom. The molecule has 2 aromatic carbocycles. The van der Waals surface area contributed by atoms with E-state index >= 15 is 0 Å². The van der Waals surface area contributed by atoms with Gasteiger partial charge in [-0.05, 0) is 69.3 Å². The van der Waals surface area contributed by atoms with Crippen LogP contribution in [0.2, 0.25) is 0 Å². The van der Waals surface area contributed by atoms with Crippen molar-refractivity contribution in [2.45, 2.75) is 39.7 Å². The smallest absolute Gasteiger partial charge is 0.305 e. The standard InChI is InChI=1S/C24H28N2O5/c1-4-28-20-11-7-18(8-12-20)24(19-9-13-21(14-10-19)29-5-2)26-31-22(17-25)15-16-23(27)30-6-3/h7-14,22H,4-6,15-16H2,1-3H3. The van der Waals surface area contributed by atoms with Gasteiger partial charge in [0.05, 0.1) is 26.2 Å². The first-order valence-electron chi connectivity index (χ1n) is 10.4. The SMILES string of the molecule is CCOC(=O)CCC(C#N)ON=C(c1ccc(OCC)cc1)c1ccc(OCC)cc1. The lowest BCUT2D eigenvalue weighted by Gasteiger charge is -2.12. The first-order valence-corrected chi connectivity index (χ1v) is 10.4. The minimum Gasteiger partial charge on any atom is -0.494 e. The molecule has 0 amide bonds. The van der Waals surface area contributed by atoms with E-state index in [-0.39, 0.29) is 18.8 Å². The van der Waals surface area contributed by atoms with Crippen LogP contribution in [0.3, 0.4) is 0 Å². The first kappa shape index (κ1) is 23.7. The molecule has 2 aromatic rings. The molecule has 0 bridgehead atoms. The third kappa shape index (κ3) is 7.67. The number of oxime groups is 1. The summed E-state index contributed by atoms with van der Waals surface area (Å²) in [5, 5.41) is 13.7. The summed E-state index contributed by atoms with van der Waals surface area (Å²) in [6, 6.07) is 17.0. The summed E-state index contributed by atoms with van der Waals surface area (Å²) in [6.45, 7) is 7.04. The molecule has 31 heavy (non-hydrogen) atoms. The number of esters is 1. The Balaban J connectivity index is 2.25. The molecule has 1 atom stereocenters. The molecule has 0 spiro atoms. The molecule has 0 saturated heterocycles. The molecule has 0 aliphatic rings. The van der Waals surface area contributed by atoms with Crippen molar-refractivity contribution in [1.82, 2.24) is 0 Å². The summed E-state index contributed by atoms with van der Waals surface area (Å²) in [5.41, 5.74) is 2.16. The van der Waals surface area contributed by atoms with Crippen molar-refractivity contribution in [3.63, 3.8) is 0 Å². The van der Waals surface area contributed by atoms with Crippen molar-refractivity contribution in [1.29, 1.82) is 5.26 Å². The zero-order chi connectivity index (χ0) is 22.5. The van der Waals surface area contributed by atoms with E-state index in [1.807, 2.05) is 68.4 Å². The van der Waals surface area contributed by atoms with Crippen molar-refractivity contribution >= 4 is 11.7 Å². The van der Waals surface area contributed by atoms with E-state index in [9.17, 15) is 10.1 Å². The van der Waals surface area contributed by atoms with Gasteiger partial charge in [0.1, 0.15) is 23.3 Å². The molecule has 7 nitrogen and oxygen atoms in total. The van der Waals surface area contributed by atoms with Crippen molar-refractivity contribution in [2.24, 2.45) is 5.16 Å². The molecule has 1 unspecified atom stereocenters. The minimum atomic E-state index is -0.871. The van der Waals surface area contributed by atoms with E-state index in [2.05, 4.69) is 5.16 Å². The average Bonchev–Trinajstić information content (AvgIpc) is 2.78. The van der Waals surface area contributed by atoms with E-state index in [1.165, 1.54) is 0 Å². The Labute approximate surface area is 183 Å². The van der Waals surface area contributed by atoms with E-state index in [0.29, 0.717) is 25.5 Å². The highest BCUT2D eigenvalue weighted by Crippen LogP contribution is 2.20. The van der Waals surface area contributed by atoms with Crippen LogP contribution in [0.5, 0.6) is 11.5 Å². The molecule has 0 aromatic heterocycles. The Kier molecular flexibility index (Phi) is 9.89. The fourth-order valence-corrected chi connectivity index (χ4v) is 2.76. The van der Waals surface area contributed by atoms with E-state index in [0.717, 1.165) is 22.6 Å². The maximum absolute atomic E-state index is 11.6. The highest BCUT2D eigenvalue weighted by atomic mass is 16.6. The molecule has 0 radical (unpaired) electrons. The number of nitrogens with zero attached hydrogens (tertiary/aromatic N) is 2. The molecule has 0 aliphatic heterocycles. The summed E-state index contributed by atoms with van der Waals surface area (Å²) in [7, 11) is 0. The molecule has 0 N–H and O–H groups in total. The number of hydrogen-bond acceptors (Lipinski definition) is 7. The Morgan fingerprint density at radius 2 is 1.42 bits per heavy atom. The molecule has 0 saturated carbocycles. The van der Waals surface area contributed by atoms with E-state index in [4.69, 9.17) is 19.0 Å². The molecule has 164 valence electrons. The molecule has 7 heteroatoms. The van der Waals surface area contributed by atoms with Crippen LogP contribution < -0.4 is 9.47 Å². The van der Waals surface area contributed by atoms with Gasteiger partial charge >= 0.3 is 5.97 Å². The molecule has 0 fully saturated rings. The predicted molar refractivity (Wildman–Crippen MR) is 117 cm³/mol. The third-order valence-electron chi connectivity index (χ3n) is 4.21. The van der Waals surface area contributed by atoms with Gasteiger partial charge in [-0.1, -0.05) is 5.16 Å². The largest absolute Gasteiger partial charge is 0.494 e. The second-order valence-corrected chi connectivity index (χ2v) is 6.42. The highest BCUT2D eigenvalue weighted by molar-refractivity contribution is 6.12. The van der Waals surface area contributed by atoms with Gasteiger partial charge in [0.2, 0.25) is 6.10 Å². The van der Waals surface area contributed by atoms with Gasteiger partial charge in [0.15, 0.2) is 0 Å². The monoisotopic (exact) mass is 424 g/mol. The second kappa shape index (κ2) is 12.9. The molecule has 0 aliphatic carbocycles. The summed E-state index contributed by atoms with van der Waals surface area (Å²) in [6.07, 6.45) is -0.591. The van der Waals surface area contributed by atoms with E-state index in [1.54, 1.807) is 6.92 Å².